The molecule has 1 aliphatic rings. The summed E-state index contributed by atoms with van der Waals surface area (Å²) in [5.41, 5.74) is 3.05. The van der Waals surface area contributed by atoms with Gasteiger partial charge in [0, 0.05) is 24.8 Å². The Labute approximate surface area is 147 Å². The molecule has 0 aliphatic carbocycles. The van der Waals surface area contributed by atoms with Crippen molar-refractivity contribution in [3.8, 4) is 5.75 Å². The van der Waals surface area contributed by atoms with Gasteiger partial charge in [-0.3, -0.25) is 9.59 Å². The van der Waals surface area contributed by atoms with Gasteiger partial charge in [0.25, 0.3) is 5.91 Å². The van der Waals surface area contributed by atoms with Gasteiger partial charge in [0.2, 0.25) is 0 Å². The summed E-state index contributed by atoms with van der Waals surface area (Å²) in [5, 5.41) is 2.87. The summed E-state index contributed by atoms with van der Waals surface area (Å²) < 4.78 is 5.43. The van der Waals surface area contributed by atoms with E-state index in [9.17, 15) is 9.59 Å². The zero-order valence-corrected chi connectivity index (χ0v) is 14.3. The zero-order chi connectivity index (χ0) is 17.6. The van der Waals surface area contributed by atoms with Gasteiger partial charge in [-0.1, -0.05) is 30.3 Å². The number of hydrogen-bond donors (Lipinski definition) is 1. The molecule has 0 spiro atoms. The minimum atomic E-state index is -0.194. The number of nitrogens with zero attached hydrogens (tertiary/aromatic N) is 1. The van der Waals surface area contributed by atoms with E-state index >= 15 is 0 Å². The molecule has 3 rings (SSSR count). The van der Waals surface area contributed by atoms with Crippen molar-refractivity contribution in [2.75, 3.05) is 24.6 Å². The Kier molecular flexibility index (Phi) is 5.33. The summed E-state index contributed by atoms with van der Waals surface area (Å²) in [7, 11) is 0. The van der Waals surface area contributed by atoms with Gasteiger partial charge < -0.3 is 15.0 Å². The molecule has 5 heteroatoms. The van der Waals surface area contributed by atoms with Crippen LogP contribution in [0.2, 0.25) is 0 Å². The number of nitrogens with one attached hydrogen (secondary N) is 1. The lowest BCUT2D eigenvalue weighted by Crippen LogP contribution is -2.39. The van der Waals surface area contributed by atoms with E-state index in [1.165, 1.54) is 11.3 Å². The van der Waals surface area contributed by atoms with Gasteiger partial charge in [-0.15, -0.1) is 0 Å². The lowest BCUT2D eigenvalue weighted by atomic mass is 10.1. The topological polar surface area (TPSA) is 58.6 Å². The molecule has 0 saturated heterocycles. The van der Waals surface area contributed by atoms with Crippen LogP contribution in [0.4, 0.5) is 5.69 Å². The number of carbonyl (C=O) groups is 2. The monoisotopic (exact) mass is 338 g/mol. The van der Waals surface area contributed by atoms with Crippen molar-refractivity contribution in [2.45, 2.75) is 19.4 Å². The third kappa shape index (κ3) is 3.99. The Hall–Kier alpha value is -2.82. The number of fused-ring (bicyclic) bond motifs is 1. The van der Waals surface area contributed by atoms with Crippen molar-refractivity contribution >= 4 is 17.9 Å². The molecule has 0 aromatic heterocycles. The maximum absolute atomic E-state index is 12.0. The summed E-state index contributed by atoms with van der Waals surface area (Å²) in [6, 6.07) is 15.7. The number of ether oxygens (including phenoxy) is 1. The molecule has 1 heterocycles. The minimum Gasteiger partial charge on any atom is -0.483 e. The summed E-state index contributed by atoms with van der Waals surface area (Å²) in [6.07, 6.45) is 1.76. The van der Waals surface area contributed by atoms with E-state index in [4.69, 9.17) is 4.74 Å². The molecule has 25 heavy (non-hydrogen) atoms. The Bertz CT molecular complexity index is 760. The largest absolute Gasteiger partial charge is 0.483 e. The second-order valence-corrected chi connectivity index (χ2v) is 6.17. The normalized spacial score (nSPS) is 15.6. The van der Waals surface area contributed by atoms with Gasteiger partial charge in [-0.25, -0.2) is 0 Å². The van der Waals surface area contributed by atoms with Crippen LogP contribution in [0.5, 0.6) is 5.75 Å². The van der Waals surface area contributed by atoms with Gasteiger partial charge in [0.05, 0.1) is 5.56 Å². The molecule has 5 nitrogen and oxygen atoms in total. The molecule has 1 unspecified atom stereocenters. The molecule has 0 fully saturated rings. The molecule has 2 aromatic carbocycles. The van der Waals surface area contributed by atoms with E-state index in [2.05, 4.69) is 35.3 Å². The van der Waals surface area contributed by atoms with E-state index in [0.29, 0.717) is 23.9 Å². The van der Waals surface area contributed by atoms with Crippen LogP contribution in [-0.2, 0) is 11.2 Å². The number of aldehydes is 1. The molecular formula is C20H22N2O3. The number of hydrogen-bond acceptors (Lipinski definition) is 4. The van der Waals surface area contributed by atoms with Crippen molar-refractivity contribution < 1.29 is 14.3 Å². The van der Waals surface area contributed by atoms with E-state index in [1.807, 2.05) is 6.07 Å². The quantitative estimate of drug-likeness (QED) is 0.788. The van der Waals surface area contributed by atoms with Crippen LogP contribution in [0.15, 0.2) is 48.5 Å². The molecule has 2 aromatic rings. The molecule has 1 atom stereocenters. The molecule has 0 radical (unpaired) electrons. The maximum Gasteiger partial charge on any atom is 0.258 e. The standard InChI is InChI=1S/C20H22N2O3/c1-15-12-16-6-2-4-8-18(16)22(15)11-10-21-20(24)14-25-19-9-5-3-7-17(19)13-23/h2-9,13,15H,10-12,14H2,1H3,(H,21,24). The average Bonchev–Trinajstić information content (AvgIpc) is 2.96. The van der Waals surface area contributed by atoms with E-state index in [1.54, 1.807) is 24.3 Å². The Morgan fingerprint density at radius 1 is 1.24 bits per heavy atom. The predicted octanol–water partition coefficient (Wildman–Crippen LogP) is 2.45. The van der Waals surface area contributed by atoms with Gasteiger partial charge >= 0.3 is 0 Å². The highest BCUT2D eigenvalue weighted by atomic mass is 16.5. The smallest absolute Gasteiger partial charge is 0.258 e. The maximum atomic E-state index is 12.0. The number of anilines is 1. The highest BCUT2D eigenvalue weighted by Gasteiger charge is 2.24. The number of carbonyl (C=O) groups excluding carboxylic acids is 2. The fraction of sp³-hybridized carbons (Fsp3) is 0.300. The van der Waals surface area contributed by atoms with Gasteiger partial charge in [-0.05, 0) is 37.1 Å². The first kappa shape index (κ1) is 17.0. The van der Waals surface area contributed by atoms with Crippen molar-refractivity contribution in [3.05, 3.63) is 59.7 Å². The fourth-order valence-corrected chi connectivity index (χ4v) is 3.19. The predicted molar refractivity (Wildman–Crippen MR) is 97.3 cm³/mol. The van der Waals surface area contributed by atoms with Crippen molar-refractivity contribution in [3.63, 3.8) is 0 Å². The van der Waals surface area contributed by atoms with E-state index in [0.717, 1.165) is 19.3 Å². The Balaban J connectivity index is 1.46. The summed E-state index contributed by atoms with van der Waals surface area (Å²) in [4.78, 5) is 25.2. The third-order valence-electron chi connectivity index (χ3n) is 4.43. The fourth-order valence-electron chi connectivity index (χ4n) is 3.19. The first-order chi connectivity index (χ1) is 12.2. The highest BCUT2D eigenvalue weighted by molar-refractivity contribution is 5.80. The summed E-state index contributed by atoms with van der Waals surface area (Å²) in [5.74, 6) is 0.232. The second kappa shape index (κ2) is 7.83. The molecule has 1 aliphatic heterocycles. The minimum absolute atomic E-state index is 0.100. The number of para-hydroxylation sites is 2. The van der Waals surface area contributed by atoms with Crippen LogP contribution >= 0.6 is 0 Å². The summed E-state index contributed by atoms with van der Waals surface area (Å²) >= 11 is 0. The third-order valence-corrected chi connectivity index (χ3v) is 4.43. The molecule has 1 N–H and O–H groups in total. The van der Waals surface area contributed by atoms with Gasteiger partial charge in [0.15, 0.2) is 12.9 Å². The van der Waals surface area contributed by atoms with Crippen LogP contribution in [0.3, 0.4) is 0 Å². The van der Waals surface area contributed by atoms with Crippen LogP contribution in [0, 0.1) is 0 Å². The average molecular weight is 338 g/mol. The first-order valence-electron chi connectivity index (χ1n) is 8.47. The van der Waals surface area contributed by atoms with Crippen molar-refractivity contribution in [1.82, 2.24) is 5.32 Å². The number of benzene rings is 2. The highest BCUT2D eigenvalue weighted by Crippen LogP contribution is 2.31. The summed E-state index contributed by atoms with van der Waals surface area (Å²) in [6.45, 7) is 3.41. The lowest BCUT2D eigenvalue weighted by molar-refractivity contribution is -0.123. The number of amides is 1. The second-order valence-electron chi connectivity index (χ2n) is 6.17. The Morgan fingerprint density at radius 3 is 2.84 bits per heavy atom. The van der Waals surface area contributed by atoms with E-state index in [-0.39, 0.29) is 12.5 Å². The molecule has 0 bridgehead atoms. The van der Waals surface area contributed by atoms with Crippen LogP contribution in [-0.4, -0.2) is 37.9 Å². The first-order valence-corrected chi connectivity index (χ1v) is 8.47. The molecule has 0 saturated carbocycles. The SMILES string of the molecule is CC1Cc2ccccc2N1CCNC(=O)COc1ccccc1C=O. The zero-order valence-electron chi connectivity index (χ0n) is 14.3. The van der Waals surface area contributed by atoms with Gasteiger partial charge in [0.1, 0.15) is 5.75 Å². The molecule has 130 valence electrons. The lowest BCUT2D eigenvalue weighted by Gasteiger charge is -2.25. The van der Waals surface area contributed by atoms with Crippen LogP contribution < -0.4 is 15.0 Å². The van der Waals surface area contributed by atoms with Crippen LogP contribution in [0.1, 0.15) is 22.8 Å². The van der Waals surface area contributed by atoms with Crippen LogP contribution in [0.25, 0.3) is 0 Å². The molecular weight excluding hydrogens is 316 g/mol. The van der Waals surface area contributed by atoms with Crippen molar-refractivity contribution in [2.24, 2.45) is 0 Å². The van der Waals surface area contributed by atoms with E-state index < -0.39 is 0 Å². The van der Waals surface area contributed by atoms with Crippen molar-refractivity contribution in [1.29, 1.82) is 0 Å². The molecule has 1 amide bonds. The van der Waals surface area contributed by atoms with Gasteiger partial charge in [-0.2, -0.15) is 0 Å². The Morgan fingerprint density at radius 2 is 2.00 bits per heavy atom. The number of rotatable bonds is 7.